The number of esters is 1. The highest BCUT2D eigenvalue weighted by Gasteiger charge is 2.15. The fourth-order valence-corrected chi connectivity index (χ4v) is 2.43. The van der Waals surface area contributed by atoms with Crippen molar-refractivity contribution in [1.29, 1.82) is 5.26 Å². The number of ether oxygens (including phenoxy) is 1. The van der Waals surface area contributed by atoms with E-state index in [9.17, 15) is 9.18 Å². The summed E-state index contributed by atoms with van der Waals surface area (Å²) < 4.78 is 19.7. The molecule has 0 spiro atoms. The Bertz CT molecular complexity index is 720. The van der Waals surface area contributed by atoms with E-state index < -0.39 is 11.8 Å². The van der Waals surface area contributed by atoms with Crippen LogP contribution in [-0.4, -0.2) is 12.6 Å². The topological polar surface area (TPSA) is 50.1 Å². The number of hydrogen-bond acceptors (Lipinski definition) is 3. The summed E-state index contributed by atoms with van der Waals surface area (Å²) in [6.45, 7) is 2.02. The molecule has 0 fully saturated rings. The van der Waals surface area contributed by atoms with E-state index in [1.54, 1.807) is 37.3 Å². The summed E-state index contributed by atoms with van der Waals surface area (Å²) in [7, 11) is 0. The second-order valence-electron chi connectivity index (χ2n) is 4.19. The van der Waals surface area contributed by atoms with Crippen LogP contribution in [0.3, 0.4) is 0 Å². The SMILES string of the molecule is CCOC(=O)c1ccc(-c2c(Br)ccc(C#N)c2F)cc1. The van der Waals surface area contributed by atoms with Crippen LogP contribution in [0.25, 0.3) is 11.1 Å². The summed E-state index contributed by atoms with van der Waals surface area (Å²) in [6, 6.07) is 11.2. The maximum atomic E-state index is 14.3. The molecule has 2 aromatic carbocycles. The summed E-state index contributed by atoms with van der Waals surface area (Å²) >= 11 is 3.28. The van der Waals surface area contributed by atoms with Gasteiger partial charge >= 0.3 is 5.97 Å². The Morgan fingerprint density at radius 3 is 2.52 bits per heavy atom. The van der Waals surface area contributed by atoms with E-state index >= 15 is 0 Å². The van der Waals surface area contributed by atoms with Crippen LogP contribution in [0.2, 0.25) is 0 Å². The summed E-state index contributed by atoms with van der Waals surface area (Å²) in [5.74, 6) is -1.01. The van der Waals surface area contributed by atoms with Crippen LogP contribution >= 0.6 is 15.9 Å². The molecular weight excluding hydrogens is 337 g/mol. The Hall–Kier alpha value is -2.19. The smallest absolute Gasteiger partial charge is 0.338 e. The van der Waals surface area contributed by atoms with Gasteiger partial charge in [0.2, 0.25) is 0 Å². The Labute approximate surface area is 130 Å². The first-order valence-electron chi connectivity index (χ1n) is 6.24. The highest BCUT2D eigenvalue weighted by atomic mass is 79.9. The van der Waals surface area contributed by atoms with Gasteiger partial charge in [0.15, 0.2) is 0 Å². The molecular formula is C16H11BrFNO2. The van der Waals surface area contributed by atoms with Crippen LogP contribution in [0.15, 0.2) is 40.9 Å². The third-order valence-corrected chi connectivity index (χ3v) is 3.56. The maximum Gasteiger partial charge on any atom is 0.338 e. The van der Waals surface area contributed by atoms with Crippen molar-refractivity contribution in [2.75, 3.05) is 6.61 Å². The van der Waals surface area contributed by atoms with E-state index in [4.69, 9.17) is 10.00 Å². The van der Waals surface area contributed by atoms with Crippen molar-refractivity contribution in [3.05, 3.63) is 57.8 Å². The molecule has 2 rings (SSSR count). The molecule has 106 valence electrons. The van der Waals surface area contributed by atoms with E-state index in [1.165, 1.54) is 6.07 Å². The van der Waals surface area contributed by atoms with Gasteiger partial charge in [-0.3, -0.25) is 0 Å². The Morgan fingerprint density at radius 1 is 1.29 bits per heavy atom. The number of rotatable bonds is 3. The van der Waals surface area contributed by atoms with Gasteiger partial charge in [-0.15, -0.1) is 0 Å². The molecule has 0 N–H and O–H groups in total. The third-order valence-electron chi connectivity index (χ3n) is 2.90. The predicted molar refractivity (Wildman–Crippen MR) is 80.2 cm³/mol. The van der Waals surface area contributed by atoms with Crippen LogP contribution in [0.1, 0.15) is 22.8 Å². The summed E-state index contributed by atoms with van der Waals surface area (Å²) in [6.07, 6.45) is 0. The number of carbonyl (C=O) groups excluding carboxylic acids is 1. The van der Waals surface area contributed by atoms with Gasteiger partial charge in [0.1, 0.15) is 11.9 Å². The second-order valence-corrected chi connectivity index (χ2v) is 5.05. The van der Waals surface area contributed by atoms with Crippen LogP contribution < -0.4 is 0 Å². The first kappa shape index (κ1) is 15.2. The van der Waals surface area contributed by atoms with Crippen molar-refractivity contribution in [3.63, 3.8) is 0 Å². The molecule has 0 unspecified atom stereocenters. The lowest BCUT2D eigenvalue weighted by atomic mass is 10.0. The van der Waals surface area contributed by atoms with Crippen molar-refractivity contribution >= 4 is 21.9 Å². The molecule has 21 heavy (non-hydrogen) atoms. The summed E-state index contributed by atoms with van der Waals surface area (Å²) in [5, 5.41) is 8.89. The van der Waals surface area contributed by atoms with E-state index in [2.05, 4.69) is 15.9 Å². The normalized spacial score (nSPS) is 10.0. The Balaban J connectivity index is 2.45. The zero-order valence-corrected chi connectivity index (χ0v) is 12.8. The second kappa shape index (κ2) is 6.51. The van der Waals surface area contributed by atoms with Crippen molar-refractivity contribution in [2.45, 2.75) is 6.92 Å². The van der Waals surface area contributed by atoms with Crippen molar-refractivity contribution in [2.24, 2.45) is 0 Å². The number of halogens is 2. The zero-order chi connectivity index (χ0) is 15.4. The summed E-state index contributed by atoms with van der Waals surface area (Å²) in [5.41, 5.74) is 1.24. The molecule has 2 aromatic rings. The highest BCUT2D eigenvalue weighted by Crippen LogP contribution is 2.32. The van der Waals surface area contributed by atoms with E-state index in [-0.39, 0.29) is 5.56 Å². The molecule has 0 aliphatic carbocycles. The average Bonchev–Trinajstić information content (AvgIpc) is 2.48. The molecule has 0 saturated carbocycles. The molecule has 0 aliphatic heterocycles. The van der Waals surface area contributed by atoms with Gasteiger partial charge in [-0.05, 0) is 36.8 Å². The van der Waals surface area contributed by atoms with Crippen LogP contribution in [0.5, 0.6) is 0 Å². The van der Waals surface area contributed by atoms with Crippen molar-refractivity contribution in [1.82, 2.24) is 0 Å². The molecule has 0 heterocycles. The standard InChI is InChI=1S/C16H11BrFNO2/c1-2-21-16(20)11-5-3-10(4-6-11)14-13(17)8-7-12(9-19)15(14)18/h3-8H,2H2,1H3. The van der Waals surface area contributed by atoms with Crippen LogP contribution in [0, 0.1) is 17.1 Å². The lowest BCUT2D eigenvalue weighted by Gasteiger charge is -2.08. The molecule has 0 radical (unpaired) electrons. The molecule has 0 saturated heterocycles. The fourth-order valence-electron chi connectivity index (χ4n) is 1.89. The zero-order valence-electron chi connectivity index (χ0n) is 11.2. The van der Waals surface area contributed by atoms with E-state index in [1.807, 2.05) is 6.07 Å². The molecule has 3 nitrogen and oxygen atoms in total. The number of nitrogens with zero attached hydrogens (tertiary/aromatic N) is 1. The first-order chi connectivity index (χ1) is 10.1. The van der Waals surface area contributed by atoms with Crippen molar-refractivity contribution < 1.29 is 13.9 Å². The number of hydrogen-bond donors (Lipinski definition) is 0. The molecule has 0 amide bonds. The van der Waals surface area contributed by atoms with Crippen molar-refractivity contribution in [3.8, 4) is 17.2 Å². The fraction of sp³-hybridized carbons (Fsp3) is 0.125. The van der Waals surface area contributed by atoms with Crippen LogP contribution in [-0.2, 0) is 4.74 Å². The molecule has 0 aliphatic rings. The Kier molecular flexibility index (Phi) is 4.71. The molecule has 0 aromatic heterocycles. The summed E-state index contributed by atoms with van der Waals surface area (Å²) in [4.78, 5) is 11.6. The third kappa shape index (κ3) is 3.11. The lowest BCUT2D eigenvalue weighted by molar-refractivity contribution is 0.0526. The van der Waals surface area contributed by atoms with E-state index in [0.29, 0.717) is 27.8 Å². The van der Waals surface area contributed by atoms with Gasteiger partial charge in [0.25, 0.3) is 0 Å². The minimum absolute atomic E-state index is 0.0253. The molecule has 0 bridgehead atoms. The average molecular weight is 348 g/mol. The number of carbonyl (C=O) groups is 1. The molecule has 0 atom stereocenters. The van der Waals surface area contributed by atoms with Gasteiger partial charge < -0.3 is 4.74 Å². The molecule has 5 heteroatoms. The van der Waals surface area contributed by atoms with Gasteiger partial charge in [-0.2, -0.15) is 5.26 Å². The quantitative estimate of drug-likeness (QED) is 0.777. The largest absolute Gasteiger partial charge is 0.462 e. The van der Waals surface area contributed by atoms with E-state index in [0.717, 1.165) is 0 Å². The van der Waals surface area contributed by atoms with Gasteiger partial charge in [-0.1, -0.05) is 28.1 Å². The minimum Gasteiger partial charge on any atom is -0.462 e. The predicted octanol–water partition coefficient (Wildman–Crippen LogP) is 4.30. The van der Waals surface area contributed by atoms with Crippen LogP contribution in [0.4, 0.5) is 4.39 Å². The first-order valence-corrected chi connectivity index (χ1v) is 7.03. The lowest BCUT2D eigenvalue weighted by Crippen LogP contribution is -2.04. The minimum atomic E-state index is -0.587. The highest BCUT2D eigenvalue weighted by molar-refractivity contribution is 9.10. The number of nitriles is 1. The maximum absolute atomic E-state index is 14.3. The van der Waals surface area contributed by atoms with Gasteiger partial charge in [-0.25, -0.2) is 9.18 Å². The number of benzene rings is 2. The van der Waals surface area contributed by atoms with Gasteiger partial charge in [0, 0.05) is 10.0 Å². The Morgan fingerprint density at radius 2 is 1.95 bits per heavy atom. The monoisotopic (exact) mass is 347 g/mol. The van der Waals surface area contributed by atoms with Gasteiger partial charge in [0.05, 0.1) is 17.7 Å².